The van der Waals surface area contributed by atoms with Gasteiger partial charge in [-0.25, -0.2) is 0 Å². The smallest absolute Gasteiger partial charge is 0.166 e. The van der Waals surface area contributed by atoms with E-state index in [9.17, 15) is 0 Å². The van der Waals surface area contributed by atoms with Crippen LogP contribution in [0.4, 0.5) is 0 Å². The first-order chi connectivity index (χ1) is 58.0. The minimum atomic E-state index is -0.106. The molecule has 0 bridgehead atoms. The van der Waals surface area contributed by atoms with Crippen molar-refractivity contribution in [3.8, 4) is 0 Å². The Hall–Kier alpha value is -8.32. The third-order valence-corrected chi connectivity index (χ3v) is 29.6. The predicted molar refractivity (Wildman–Crippen MR) is 500 cm³/mol. The van der Waals surface area contributed by atoms with E-state index in [2.05, 4.69) is 408 Å². The summed E-state index contributed by atoms with van der Waals surface area (Å²) in [6.45, 7) is 27.3. The highest BCUT2D eigenvalue weighted by atomic mass is 32.2. The monoisotopic (exact) mass is 1650 g/mol. The molecule has 620 valence electrons. The zero-order valence-corrected chi connectivity index (χ0v) is 75.4. The number of hydrogen-bond donors (Lipinski definition) is 0. The highest BCUT2D eigenvalue weighted by Crippen LogP contribution is 2.37. The molecule has 0 fully saturated rings. The summed E-state index contributed by atoms with van der Waals surface area (Å²) in [5.74, 6) is 0. The quantitative estimate of drug-likeness (QED) is 0.0348. The summed E-state index contributed by atoms with van der Waals surface area (Å²) in [5.41, 5.74) is 5.40. The Labute approximate surface area is 721 Å². The second-order valence-electron chi connectivity index (χ2n) is 29.4. The van der Waals surface area contributed by atoms with E-state index in [0.717, 1.165) is 104 Å². The number of likely N-dealkylation sites (N-methyl/N-ethyl adjacent to an activating group) is 1. The van der Waals surface area contributed by atoms with Crippen molar-refractivity contribution in [1.82, 2.24) is 19.6 Å². The summed E-state index contributed by atoms with van der Waals surface area (Å²) in [6.07, 6.45) is 4.50. The molecule has 0 aliphatic heterocycles. The largest absolute Gasteiger partial charge is 0.383 e. The fourth-order valence-electron chi connectivity index (χ4n) is 14.7. The maximum Gasteiger partial charge on any atom is 0.166 e. The van der Waals surface area contributed by atoms with Gasteiger partial charge in [0.15, 0.2) is 58.7 Å². The molecule has 0 aliphatic rings. The summed E-state index contributed by atoms with van der Waals surface area (Å²) in [4.78, 5) is 26.3. The Morgan fingerprint density at radius 3 is 0.763 bits per heavy atom. The molecule has 0 spiro atoms. The number of methoxy groups -OCH3 is 5. The second kappa shape index (κ2) is 53.4. The molecule has 0 N–H and O–H groups in total. The van der Waals surface area contributed by atoms with Gasteiger partial charge in [-0.1, -0.05) is 229 Å². The third-order valence-electron chi connectivity index (χ3n) is 20.7. The maximum atomic E-state index is 5.50. The van der Waals surface area contributed by atoms with Gasteiger partial charge in [0.1, 0.15) is 0 Å². The molecule has 0 radical (unpaired) electrons. The van der Waals surface area contributed by atoms with Gasteiger partial charge < -0.3 is 23.7 Å². The van der Waals surface area contributed by atoms with E-state index in [1.54, 1.807) is 35.5 Å². The fraction of sp³-hybridized carbons (Fsp3) is 0.314. The number of hydrogen-bond acceptors (Lipinski definition) is 9. The van der Waals surface area contributed by atoms with Crippen LogP contribution < -0.4 is 0 Å². The molecule has 12 aromatic carbocycles. The van der Waals surface area contributed by atoms with Crippen molar-refractivity contribution >= 4 is 43.6 Å². The highest BCUT2D eigenvalue weighted by molar-refractivity contribution is 7.98. The van der Waals surface area contributed by atoms with Crippen LogP contribution in [0.1, 0.15) is 96.4 Å². The van der Waals surface area contributed by atoms with Crippen LogP contribution in [0, 0.1) is 0 Å². The number of rotatable bonds is 42. The lowest BCUT2D eigenvalue weighted by atomic mass is 10.1. The van der Waals surface area contributed by atoms with E-state index in [-0.39, 0.29) is 43.6 Å². The van der Waals surface area contributed by atoms with Gasteiger partial charge in [0.2, 0.25) is 0 Å². The average Bonchev–Trinajstić information content (AvgIpc) is 0.825. The lowest BCUT2D eigenvalue weighted by Crippen LogP contribution is -2.38. The van der Waals surface area contributed by atoms with Crippen molar-refractivity contribution in [1.29, 1.82) is 0 Å². The van der Waals surface area contributed by atoms with Crippen LogP contribution in [-0.2, 0) is 93.4 Å². The number of nitrogens with zero attached hydrogens (tertiary/aromatic N) is 4. The minimum Gasteiger partial charge on any atom is -0.383 e. The summed E-state index contributed by atoms with van der Waals surface area (Å²) >= 11 is 0. The first kappa shape index (κ1) is 93.5. The van der Waals surface area contributed by atoms with E-state index in [1.807, 2.05) is 0 Å². The zero-order valence-electron chi connectivity index (χ0n) is 72.1. The first-order valence-corrected chi connectivity index (χ1v) is 47.0. The van der Waals surface area contributed by atoms with Crippen molar-refractivity contribution in [2.45, 2.75) is 183 Å². The zero-order chi connectivity index (χ0) is 83.3. The molecule has 4 atom stereocenters. The highest BCUT2D eigenvalue weighted by Gasteiger charge is 2.33. The van der Waals surface area contributed by atoms with Gasteiger partial charge in [-0.05, 0) is 227 Å². The molecule has 0 aliphatic carbocycles. The topological polar surface area (TPSA) is 59.1 Å². The molecule has 0 heterocycles. The number of ether oxygens (including phenoxy) is 5. The Kier molecular flexibility index (Phi) is 42.3. The van der Waals surface area contributed by atoms with Crippen molar-refractivity contribution in [3.63, 3.8) is 0 Å². The van der Waals surface area contributed by atoms with Crippen LogP contribution in [0.15, 0.2) is 398 Å². The maximum absolute atomic E-state index is 5.50. The van der Waals surface area contributed by atoms with E-state index < -0.39 is 0 Å². The molecule has 4 unspecified atom stereocenters. The molecule has 13 heteroatoms. The summed E-state index contributed by atoms with van der Waals surface area (Å²) in [6, 6.07) is 125. The Morgan fingerprint density at radius 2 is 0.483 bits per heavy atom. The molecule has 12 aromatic rings. The Balaban J connectivity index is 0.000000179. The summed E-state index contributed by atoms with van der Waals surface area (Å²) in [7, 11) is 8.50. The molecular formula is C105H130N4O5S4+4. The molecule has 0 saturated carbocycles. The van der Waals surface area contributed by atoms with Gasteiger partial charge in [-0.3, -0.25) is 19.6 Å². The van der Waals surface area contributed by atoms with E-state index in [4.69, 9.17) is 23.7 Å². The van der Waals surface area contributed by atoms with E-state index in [0.29, 0.717) is 30.8 Å². The van der Waals surface area contributed by atoms with Crippen molar-refractivity contribution in [2.24, 2.45) is 0 Å². The van der Waals surface area contributed by atoms with Gasteiger partial charge in [-0.15, -0.1) is 0 Å². The molecule has 0 saturated heterocycles. The van der Waals surface area contributed by atoms with Crippen LogP contribution in [-0.4, -0.2) is 139 Å². The molecule has 118 heavy (non-hydrogen) atoms. The van der Waals surface area contributed by atoms with Crippen LogP contribution in [0.2, 0.25) is 0 Å². The summed E-state index contributed by atoms with van der Waals surface area (Å²) in [5, 5.41) is 0. The standard InChI is InChI=1S/C27H34NOS.C26H32NO2S.2C26H32NOS/c1-4-19-28(24(5-2)22-29-3)21-23-13-12-18-27(20-23)30(25-14-8-6-9-15-25)26-16-10-7-11-17-26;1-22(21-29-3)27(18-19-28-2)20-23-14-16-26(17-15-23)30(24-10-6-4-7-11-24)25-12-8-5-9-13-25;1-4-18-27(22(2)21-28-3)20-23-12-11-17-26(19-23)29(24-13-7-5-8-14-24)25-15-9-6-10-16-25;1-4-23(21-28-3)27(5-2)20-22-16-18-26(19-17-22)29(24-12-8-6-9-13-24)25-14-10-7-11-15-25/h6-18,20,24H,4-5,19,21-22H2,1-3H3;4-17,22H,18-21H2,1-3H3;5-17,19,22H,4,18,20-21H2,1-3H3;6-19,23H,4-5,20-21H2,1-3H3/q4*+1. The van der Waals surface area contributed by atoms with E-state index in [1.165, 1.54) is 81.0 Å². The fourth-order valence-corrected chi connectivity index (χ4v) is 23.1. The molecule has 9 nitrogen and oxygen atoms in total. The normalized spacial score (nSPS) is 12.4. The Bertz CT molecular complexity index is 4430. The molecule has 12 rings (SSSR count). The van der Waals surface area contributed by atoms with Crippen LogP contribution >= 0.6 is 0 Å². The van der Waals surface area contributed by atoms with Gasteiger partial charge in [0, 0.05) is 92.4 Å². The van der Waals surface area contributed by atoms with Crippen LogP contribution in [0.3, 0.4) is 0 Å². The van der Waals surface area contributed by atoms with E-state index >= 15 is 0 Å². The molecule has 0 aromatic heterocycles. The summed E-state index contributed by atoms with van der Waals surface area (Å²) < 4.78 is 27.0. The number of benzene rings is 12. The van der Waals surface area contributed by atoms with Crippen LogP contribution in [0.25, 0.3) is 0 Å². The minimum absolute atomic E-state index is 0.0844. The lowest BCUT2D eigenvalue weighted by molar-refractivity contribution is 0.0705. The van der Waals surface area contributed by atoms with Crippen molar-refractivity contribution < 1.29 is 23.7 Å². The molecular weight excluding hydrogens is 1530 g/mol. The lowest BCUT2D eigenvalue weighted by Gasteiger charge is -2.30. The van der Waals surface area contributed by atoms with Crippen molar-refractivity contribution in [2.75, 3.05) is 94.8 Å². The average molecular weight is 1660 g/mol. The Morgan fingerprint density at radius 1 is 0.237 bits per heavy atom. The van der Waals surface area contributed by atoms with Gasteiger partial charge in [-0.2, -0.15) is 0 Å². The van der Waals surface area contributed by atoms with Crippen molar-refractivity contribution in [3.05, 3.63) is 362 Å². The van der Waals surface area contributed by atoms with Gasteiger partial charge in [0.25, 0.3) is 0 Å². The van der Waals surface area contributed by atoms with Crippen LogP contribution in [0.5, 0.6) is 0 Å². The SMILES string of the molecule is CCC(COC)N(CC)Cc1ccc([S+](c2ccccc2)c2ccccc2)cc1.CCCN(Cc1cccc([S+](c2ccccc2)c2ccccc2)c1)C(C)COC.CCCN(Cc1cccc([S+](c2ccccc2)c2ccccc2)c1)C(CC)COC.COCCN(Cc1ccc([S+](c2ccccc2)c2ccccc2)cc1)C(C)COC. The van der Waals surface area contributed by atoms with Gasteiger partial charge >= 0.3 is 0 Å². The molecule has 0 amide bonds. The second-order valence-corrected chi connectivity index (χ2v) is 37.5. The predicted octanol–water partition coefficient (Wildman–Crippen LogP) is 23.7. The van der Waals surface area contributed by atoms with Gasteiger partial charge in [0.05, 0.1) is 76.6 Å². The first-order valence-electron chi connectivity index (χ1n) is 42.1. The third kappa shape index (κ3) is 29.5.